The summed E-state index contributed by atoms with van der Waals surface area (Å²) in [6.07, 6.45) is 7.11. The average molecular weight is 253 g/mol. The van der Waals surface area contributed by atoms with Gasteiger partial charge in [0.05, 0.1) is 5.38 Å². The number of hydrogen-bond donors (Lipinski definition) is 0. The first-order chi connectivity index (χ1) is 8.22. The van der Waals surface area contributed by atoms with E-state index in [4.69, 9.17) is 11.6 Å². The highest BCUT2D eigenvalue weighted by atomic mass is 35.5. The summed E-state index contributed by atoms with van der Waals surface area (Å²) < 4.78 is 0. The fourth-order valence-corrected chi connectivity index (χ4v) is 2.54. The van der Waals surface area contributed by atoms with E-state index in [0.29, 0.717) is 0 Å². The van der Waals surface area contributed by atoms with Gasteiger partial charge in [0.2, 0.25) is 0 Å². The van der Waals surface area contributed by atoms with Crippen LogP contribution in [0.5, 0.6) is 0 Å². The molecule has 0 fully saturated rings. The van der Waals surface area contributed by atoms with Gasteiger partial charge in [-0.3, -0.25) is 0 Å². The maximum absolute atomic E-state index is 6.47. The highest BCUT2D eigenvalue weighted by molar-refractivity contribution is 6.20. The Morgan fingerprint density at radius 1 is 1.00 bits per heavy atom. The van der Waals surface area contributed by atoms with Crippen LogP contribution in [0.1, 0.15) is 68.5 Å². The predicted molar refractivity (Wildman–Crippen MR) is 77.9 cm³/mol. The van der Waals surface area contributed by atoms with Crippen LogP contribution >= 0.6 is 11.6 Å². The van der Waals surface area contributed by atoms with Crippen molar-refractivity contribution in [2.45, 2.75) is 64.7 Å². The Labute approximate surface area is 111 Å². The van der Waals surface area contributed by atoms with Gasteiger partial charge in [-0.1, -0.05) is 58.2 Å². The molecule has 17 heavy (non-hydrogen) atoms. The highest BCUT2D eigenvalue weighted by Gasteiger charge is 2.09. The maximum Gasteiger partial charge on any atom is 0.0585 e. The van der Waals surface area contributed by atoms with Gasteiger partial charge in [-0.15, -0.1) is 11.6 Å². The Kier molecular flexibility index (Phi) is 6.65. The summed E-state index contributed by atoms with van der Waals surface area (Å²) >= 11 is 6.47. The number of aryl methyl sites for hydroxylation is 2. The molecule has 0 nitrogen and oxygen atoms in total. The highest BCUT2D eigenvalue weighted by Crippen LogP contribution is 2.28. The smallest absolute Gasteiger partial charge is 0.0585 e. The Hall–Kier alpha value is -0.490. The summed E-state index contributed by atoms with van der Waals surface area (Å²) in [5.41, 5.74) is 4.23. The maximum atomic E-state index is 6.47. The van der Waals surface area contributed by atoms with E-state index in [-0.39, 0.29) is 5.38 Å². The third kappa shape index (κ3) is 4.35. The van der Waals surface area contributed by atoms with Gasteiger partial charge >= 0.3 is 0 Å². The van der Waals surface area contributed by atoms with Crippen molar-refractivity contribution in [3.63, 3.8) is 0 Å². The molecule has 0 bridgehead atoms. The molecule has 0 N–H and O–H groups in total. The van der Waals surface area contributed by atoms with Gasteiger partial charge in [-0.25, -0.2) is 0 Å². The summed E-state index contributed by atoms with van der Waals surface area (Å²) in [4.78, 5) is 0. The fraction of sp³-hybridized carbons (Fsp3) is 0.625. The lowest BCUT2D eigenvalue weighted by Gasteiger charge is -2.13. The standard InChI is InChI=1S/C16H25Cl/c1-4-7-8-9-16(17)15-11-10-13(5-2)14(6-3)12-15/h10-12,16H,4-9H2,1-3H3. The number of benzene rings is 1. The summed E-state index contributed by atoms with van der Waals surface area (Å²) in [5.74, 6) is 0. The lowest BCUT2D eigenvalue weighted by atomic mass is 9.97. The molecule has 96 valence electrons. The predicted octanol–water partition coefficient (Wildman–Crippen LogP) is 5.67. The number of alkyl halides is 1. The summed E-state index contributed by atoms with van der Waals surface area (Å²) in [5, 5.41) is 0.192. The molecule has 0 radical (unpaired) electrons. The van der Waals surface area contributed by atoms with Crippen LogP contribution < -0.4 is 0 Å². The molecule has 1 aromatic carbocycles. The van der Waals surface area contributed by atoms with Crippen molar-refractivity contribution in [2.24, 2.45) is 0 Å². The van der Waals surface area contributed by atoms with Crippen LogP contribution in [0.15, 0.2) is 18.2 Å². The minimum atomic E-state index is 0.192. The van der Waals surface area contributed by atoms with Gasteiger partial charge in [0, 0.05) is 0 Å². The first-order valence-corrected chi connectivity index (χ1v) is 7.42. The molecular formula is C16H25Cl. The molecule has 0 amide bonds. The van der Waals surface area contributed by atoms with E-state index in [1.807, 2.05) is 0 Å². The second kappa shape index (κ2) is 7.76. The van der Waals surface area contributed by atoms with Crippen LogP contribution in [-0.2, 0) is 12.8 Å². The molecule has 0 aliphatic rings. The molecule has 0 aliphatic carbocycles. The third-order valence-electron chi connectivity index (χ3n) is 3.41. The zero-order valence-electron chi connectivity index (χ0n) is 11.4. The van der Waals surface area contributed by atoms with E-state index in [0.717, 1.165) is 19.3 Å². The second-order valence-corrected chi connectivity index (χ2v) is 5.23. The van der Waals surface area contributed by atoms with E-state index in [2.05, 4.69) is 39.0 Å². The van der Waals surface area contributed by atoms with E-state index >= 15 is 0 Å². The third-order valence-corrected chi connectivity index (χ3v) is 3.89. The molecule has 1 heteroatoms. The van der Waals surface area contributed by atoms with Gasteiger partial charge in [-0.2, -0.15) is 0 Å². The molecule has 0 heterocycles. The van der Waals surface area contributed by atoms with E-state index in [9.17, 15) is 0 Å². The van der Waals surface area contributed by atoms with Gasteiger partial charge in [0.1, 0.15) is 0 Å². The van der Waals surface area contributed by atoms with Crippen molar-refractivity contribution in [3.05, 3.63) is 34.9 Å². The van der Waals surface area contributed by atoms with Crippen LogP contribution in [0.2, 0.25) is 0 Å². The van der Waals surface area contributed by atoms with Crippen molar-refractivity contribution < 1.29 is 0 Å². The second-order valence-electron chi connectivity index (χ2n) is 4.70. The van der Waals surface area contributed by atoms with Crippen LogP contribution in [0, 0.1) is 0 Å². The van der Waals surface area contributed by atoms with Crippen LogP contribution in [0.3, 0.4) is 0 Å². The molecule has 0 saturated carbocycles. The molecule has 1 aromatic rings. The Balaban J connectivity index is 2.70. The minimum absolute atomic E-state index is 0.192. The number of rotatable bonds is 7. The zero-order valence-corrected chi connectivity index (χ0v) is 12.2. The largest absolute Gasteiger partial charge is 0.118 e. The SMILES string of the molecule is CCCCCC(Cl)c1ccc(CC)c(CC)c1. The molecule has 0 saturated heterocycles. The Bertz CT molecular complexity index is 330. The van der Waals surface area contributed by atoms with E-state index in [1.165, 1.54) is 36.0 Å². The summed E-state index contributed by atoms with van der Waals surface area (Å²) in [6, 6.07) is 6.77. The lowest BCUT2D eigenvalue weighted by molar-refractivity contribution is 0.655. The van der Waals surface area contributed by atoms with E-state index in [1.54, 1.807) is 0 Å². The van der Waals surface area contributed by atoms with Crippen molar-refractivity contribution in [1.82, 2.24) is 0 Å². The van der Waals surface area contributed by atoms with Crippen LogP contribution in [-0.4, -0.2) is 0 Å². The first-order valence-electron chi connectivity index (χ1n) is 6.98. The molecule has 0 aliphatic heterocycles. The quantitative estimate of drug-likeness (QED) is 0.433. The Morgan fingerprint density at radius 3 is 2.29 bits per heavy atom. The molecule has 1 unspecified atom stereocenters. The minimum Gasteiger partial charge on any atom is -0.118 e. The van der Waals surface area contributed by atoms with Gasteiger partial charge < -0.3 is 0 Å². The van der Waals surface area contributed by atoms with Gasteiger partial charge in [0.25, 0.3) is 0 Å². The lowest BCUT2D eigenvalue weighted by Crippen LogP contribution is -1.96. The topological polar surface area (TPSA) is 0 Å². The molecule has 1 atom stereocenters. The summed E-state index contributed by atoms with van der Waals surface area (Å²) in [7, 11) is 0. The molecule has 0 spiro atoms. The number of hydrogen-bond acceptors (Lipinski definition) is 0. The van der Waals surface area contributed by atoms with E-state index < -0.39 is 0 Å². The number of unbranched alkanes of at least 4 members (excludes halogenated alkanes) is 2. The first kappa shape index (κ1) is 14.6. The average Bonchev–Trinajstić information content (AvgIpc) is 2.38. The van der Waals surface area contributed by atoms with Gasteiger partial charge in [-0.05, 0) is 36.0 Å². The van der Waals surface area contributed by atoms with Crippen molar-refractivity contribution in [1.29, 1.82) is 0 Å². The monoisotopic (exact) mass is 252 g/mol. The van der Waals surface area contributed by atoms with Crippen molar-refractivity contribution >= 4 is 11.6 Å². The zero-order chi connectivity index (χ0) is 12.7. The normalized spacial score (nSPS) is 12.7. The fourth-order valence-electron chi connectivity index (χ4n) is 2.25. The number of halogens is 1. The van der Waals surface area contributed by atoms with Crippen molar-refractivity contribution in [3.8, 4) is 0 Å². The van der Waals surface area contributed by atoms with Gasteiger partial charge in [0.15, 0.2) is 0 Å². The van der Waals surface area contributed by atoms with Crippen LogP contribution in [0.4, 0.5) is 0 Å². The van der Waals surface area contributed by atoms with Crippen molar-refractivity contribution in [2.75, 3.05) is 0 Å². The molecule has 1 rings (SSSR count). The Morgan fingerprint density at radius 2 is 1.71 bits per heavy atom. The van der Waals surface area contributed by atoms with Crippen LogP contribution in [0.25, 0.3) is 0 Å². The molecule has 0 aromatic heterocycles. The molecular weight excluding hydrogens is 228 g/mol. The summed E-state index contributed by atoms with van der Waals surface area (Å²) in [6.45, 7) is 6.67.